The van der Waals surface area contributed by atoms with E-state index in [-0.39, 0.29) is 11.5 Å². The number of nitrogens with zero attached hydrogens (tertiary/aromatic N) is 1. The summed E-state index contributed by atoms with van der Waals surface area (Å²) in [5.74, 6) is -0.136. The number of aromatic nitrogens is 1. The van der Waals surface area contributed by atoms with Crippen LogP contribution in [0.1, 0.15) is 27.9 Å². The number of aryl methyl sites for hydroxylation is 1. The second kappa shape index (κ2) is 6.85. The minimum atomic E-state index is -3.30. The van der Waals surface area contributed by atoms with Crippen molar-refractivity contribution in [3.63, 3.8) is 0 Å². The van der Waals surface area contributed by atoms with Gasteiger partial charge in [0.05, 0.1) is 17.0 Å². The van der Waals surface area contributed by atoms with E-state index in [1.54, 1.807) is 42.8 Å². The van der Waals surface area contributed by atoms with Crippen LogP contribution >= 0.6 is 11.3 Å². The third kappa shape index (κ3) is 4.25. The minimum Gasteiger partial charge on any atom is -0.289 e. The van der Waals surface area contributed by atoms with E-state index < -0.39 is 10.0 Å². The number of carbonyl (C=O) groups is 1. The van der Waals surface area contributed by atoms with Crippen LogP contribution in [0.25, 0.3) is 6.08 Å². The standard InChI is InChI=1S/C15H16N2O3S2/c1-3-22(19,20)17-13-6-4-12(5-7-13)14(18)8-9-15-11(2)16-10-21-15/h4-10,17H,3H2,1-2H3. The molecule has 0 unspecified atom stereocenters. The minimum absolute atomic E-state index is 0.00458. The van der Waals surface area contributed by atoms with Crippen LogP contribution in [-0.4, -0.2) is 24.9 Å². The number of hydrogen-bond donors (Lipinski definition) is 1. The van der Waals surface area contributed by atoms with E-state index in [2.05, 4.69) is 9.71 Å². The number of nitrogens with one attached hydrogen (secondary N) is 1. The van der Waals surface area contributed by atoms with Crippen molar-refractivity contribution in [2.75, 3.05) is 10.5 Å². The Bertz CT molecular complexity index is 790. The number of anilines is 1. The number of allylic oxidation sites excluding steroid dienone is 1. The van der Waals surface area contributed by atoms with Crippen LogP contribution < -0.4 is 4.72 Å². The van der Waals surface area contributed by atoms with Crippen molar-refractivity contribution >= 4 is 38.9 Å². The first-order chi connectivity index (χ1) is 10.4. The topological polar surface area (TPSA) is 76.1 Å². The van der Waals surface area contributed by atoms with E-state index in [9.17, 15) is 13.2 Å². The summed E-state index contributed by atoms with van der Waals surface area (Å²) in [5.41, 5.74) is 3.56. The molecule has 0 spiro atoms. The Morgan fingerprint density at radius 1 is 1.32 bits per heavy atom. The van der Waals surface area contributed by atoms with Gasteiger partial charge in [-0.2, -0.15) is 0 Å². The average Bonchev–Trinajstić information content (AvgIpc) is 2.90. The molecule has 2 aromatic rings. The molecule has 0 aliphatic rings. The highest BCUT2D eigenvalue weighted by molar-refractivity contribution is 7.92. The maximum Gasteiger partial charge on any atom is 0.232 e. The molecule has 5 nitrogen and oxygen atoms in total. The van der Waals surface area contributed by atoms with E-state index >= 15 is 0 Å². The van der Waals surface area contributed by atoms with Crippen molar-refractivity contribution < 1.29 is 13.2 Å². The number of thiazole rings is 1. The zero-order valence-electron chi connectivity index (χ0n) is 12.2. The van der Waals surface area contributed by atoms with Gasteiger partial charge in [-0.25, -0.2) is 13.4 Å². The molecule has 0 radical (unpaired) electrons. The number of hydrogen-bond acceptors (Lipinski definition) is 5. The first-order valence-corrected chi connectivity index (χ1v) is 9.17. The summed E-state index contributed by atoms with van der Waals surface area (Å²) in [4.78, 5) is 17.1. The quantitative estimate of drug-likeness (QED) is 0.649. The van der Waals surface area contributed by atoms with Gasteiger partial charge in [-0.15, -0.1) is 11.3 Å². The fraction of sp³-hybridized carbons (Fsp3) is 0.200. The fourth-order valence-corrected chi connectivity index (χ4v) is 3.01. The summed E-state index contributed by atoms with van der Waals surface area (Å²) in [6.07, 6.45) is 3.23. The summed E-state index contributed by atoms with van der Waals surface area (Å²) < 4.78 is 25.4. The molecular formula is C15H16N2O3S2. The maximum absolute atomic E-state index is 12.1. The number of carbonyl (C=O) groups excluding carboxylic acids is 1. The normalized spacial score (nSPS) is 11.7. The molecule has 7 heteroatoms. The average molecular weight is 336 g/mol. The lowest BCUT2D eigenvalue weighted by atomic mass is 10.1. The van der Waals surface area contributed by atoms with Crippen LogP contribution in [0.2, 0.25) is 0 Å². The highest BCUT2D eigenvalue weighted by Gasteiger charge is 2.08. The lowest BCUT2D eigenvalue weighted by Gasteiger charge is -2.06. The van der Waals surface area contributed by atoms with Gasteiger partial charge in [0, 0.05) is 16.1 Å². The summed E-state index contributed by atoms with van der Waals surface area (Å²) in [6.45, 7) is 3.45. The fourth-order valence-electron chi connectivity index (χ4n) is 1.67. The van der Waals surface area contributed by atoms with Crippen molar-refractivity contribution in [1.82, 2.24) is 4.98 Å². The van der Waals surface area contributed by atoms with Gasteiger partial charge in [-0.1, -0.05) is 0 Å². The van der Waals surface area contributed by atoms with Crippen LogP contribution in [0.15, 0.2) is 35.9 Å². The molecule has 0 saturated carbocycles. The molecule has 0 saturated heterocycles. The first-order valence-electron chi connectivity index (χ1n) is 6.64. The molecule has 0 amide bonds. The molecule has 1 heterocycles. The lowest BCUT2D eigenvalue weighted by molar-refractivity contribution is 0.104. The van der Waals surface area contributed by atoms with Crippen LogP contribution in [0.3, 0.4) is 0 Å². The molecule has 0 fully saturated rings. The number of ketones is 1. The molecule has 0 aliphatic carbocycles. The van der Waals surface area contributed by atoms with Gasteiger partial charge in [0.25, 0.3) is 0 Å². The van der Waals surface area contributed by atoms with E-state index in [1.807, 2.05) is 6.92 Å². The third-order valence-corrected chi connectivity index (χ3v) is 5.19. The predicted molar refractivity (Wildman–Crippen MR) is 89.7 cm³/mol. The monoisotopic (exact) mass is 336 g/mol. The van der Waals surface area contributed by atoms with Gasteiger partial charge in [0.1, 0.15) is 0 Å². The molecule has 0 atom stereocenters. The summed E-state index contributed by atoms with van der Waals surface area (Å²) >= 11 is 1.47. The van der Waals surface area contributed by atoms with Gasteiger partial charge < -0.3 is 0 Å². The second-order valence-electron chi connectivity index (χ2n) is 4.58. The zero-order chi connectivity index (χ0) is 16.2. The van der Waals surface area contributed by atoms with Gasteiger partial charge in [0.15, 0.2) is 5.78 Å². The number of benzene rings is 1. The SMILES string of the molecule is CCS(=O)(=O)Nc1ccc(C(=O)C=Cc2scnc2C)cc1. The number of sulfonamides is 1. The molecule has 0 bridgehead atoms. The molecule has 1 aromatic carbocycles. The largest absolute Gasteiger partial charge is 0.289 e. The van der Waals surface area contributed by atoms with Crippen LogP contribution in [0.5, 0.6) is 0 Å². The third-order valence-electron chi connectivity index (χ3n) is 2.99. The van der Waals surface area contributed by atoms with Crippen molar-refractivity contribution in [2.24, 2.45) is 0 Å². The molecule has 22 heavy (non-hydrogen) atoms. The second-order valence-corrected chi connectivity index (χ2v) is 7.48. The van der Waals surface area contributed by atoms with Crippen molar-refractivity contribution in [3.8, 4) is 0 Å². The smallest absolute Gasteiger partial charge is 0.232 e. The van der Waals surface area contributed by atoms with E-state index in [0.717, 1.165) is 10.6 Å². The lowest BCUT2D eigenvalue weighted by Crippen LogP contribution is -2.14. The van der Waals surface area contributed by atoms with E-state index in [1.165, 1.54) is 17.4 Å². The van der Waals surface area contributed by atoms with E-state index in [0.29, 0.717) is 11.3 Å². The maximum atomic E-state index is 12.1. The van der Waals surface area contributed by atoms with Crippen molar-refractivity contribution in [1.29, 1.82) is 0 Å². The Balaban J connectivity index is 2.09. The molecule has 2 rings (SSSR count). The van der Waals surface area contributed by atoms with Gasteiger partial charge in [-0.3, -0.25) is 9.52 Å². The van der Waals surface area contributed by atoms with Gasteiger partial charge in [-0.05, 0) is 50.3 Å². The highest BCUT2D eigenvalue weighted by atomic mass is 32.2. The summed E-state index contributed by atoms with van der Waals surface area (Å²) in [7, 11) is -3.30. The molecule has 1 aromatic heterocycles. The van der Waals surface area contributed by atoms with Gasteiger partial charge >= 0.3 is 0 Å². The first kappa shape index (κ1) is 16.4. The molecule has 116 valence electrons. The Labute approximate surface area is 133 Å². The van der Waals surface area contributed by atoms with E-state index in [4.69, 9.17) is 0 Å². The zero-order valence-corrected chi connectivity index (χ0v) is 13.9. The highest BCUT2D eigenvalue weighted by Crippen LogP contribution is 2.16. The Morgan fingerprint density at radius 3 is 2.55 bits per heavy atom. The Morgan fingerprint density at radius 2 is 2.00 bits per heavy atom. The molecule has 1 N–H and O–H groups in total. The molecule has 0 aliphatic heterocycles. The Kier molecular flexibility index (Phi) is 5.10. The summed E-state index contributed by atoms with van der Waals surface area (Å²) in [6, 6.07) is 6.35. The van der Waals surface area contributed by atoms with Crippen LogP contribution in [0.4, 0.5) is 5.69 Å². The van der Waals surface area contributed by atoms with Crippen LogP contribution in [-0.2, 0) is 10.0 Å². The summed E-state index contributed by atoms with van der Waals surface area (Å²) in [5, 5.41) is 0. The van der Waals surface area contributed by atoms with Crippen molar-refractivity contribution in [2.45, 2.75) is 13.8 Å². The Hall–Kier alpha value is -1.99. The number of rotatable bonds is 6. The van der Waals surface area contributed by atoms with Crippen LogP contribution in [0, 0.1) is 6.92 Å². The predicted octanol–water partition coefficient (Wildman–Crippen LogP) is 3.11. The van der Waals surface area contributed by atoms with Crippen molar-refractivity contribution in [3.05, 3.63) is 52.0 Å². The molecular weight excluding hydrogens is 320 g/mol. The van der Waals surface area contributed by atoms with Gasteiger partial charge in [0.2, 0.25) is 10.0 Å².